The molecule has 0 spiro atoms. The maximum absolute atomic E-state index is 5.37. The summed E-state index contributed by atoms with van der Waals surface area (Å²) < 4.78 is 5.37. The Morgan fingerprint density at radius 1 is 1.50 bits per heavy atom. The van der Waals surface area contributed by atoms with Crippen molar-refractivity contribution in [1.82, 2.24) is 5.32 Å². The normalized spacial score (nSPS) is 20.7. The summed E-state index contributed by atoms with van der Waals surface area (Å²) in [7, 11) is 2.07. The van der Waals surface area contributed by atoms with Gasteiger partial charge in [0.1, 0.15) is 0 Å². The van der Waals surface area contributed by atoms with E-state index in [9.17, 15) is 0 Å². The van der Waals surface area contributed by atoms with E-state index in [1.54, 1.807) is 0 Å². The van der Waals surface area contributed by atoms with Gasteiger partial charge in [-0.25, -0.2) is 0 Å². The van der Waals surface area contributed by atoms with Crippen molar-refractivity contribution in [3.8, 4) is 0 Å². The molecule has 1 rings (SSSR count). The molecule has 1 fully saturated rings. The maximum Gasteiger partial charge on any atom is 0.0469 e. The lowest BCUT2D eigenvalue weighted by Crippen LogP contribution is -2.36. The molecular weight excluding hydrogens is 174 g/mol. The summed E-state index contributed by atoms with van der Waals surface area (Å²) in [5.74, 6) is 0.799. The number of nitrogens with one attached hydrogen (secondary N) is 1. The third-order valence-electron chi connectivity index (χ3n) is 3.09. The molecule has 0 aromatic carbocycles. The van der Waals surface area contributed by atoms with Crippen LogP contribution in [-0.4, -0.2) is 26.3 Å². The first-order valence-corrected chi connectivity index (χ1v) is 5.63. The summed E-state index contributed by atoms with van der Waals surface area (Å²) in [6.45, 7) is 7.94. The molecular formula is C12H23NO. The van der Waals surface area contributed by atoms with E-state index in [0.29, 0.717) is 6.04 Å². The van der Waals surface area contributed by atoms with Crippen LogP contribution in [0.1, 0.15) is 32.6 Å². The number of hydrogen-bond acceptors (Lipinski definition) is 2. The first-order chi connectivity index (χ1) is 6.74. The van der Waals surface area contributed by atoms with Gasteiger partial charge in [0.25, 0.3) is 0 Å². The van der Waals surface area contributed by atoms with Crippen molar-refractivity contribution in [1.29, 1.82) is 0 Å². The lowest BCUT2D eigenvalue weighted by molar-refractivity contribution is 0.0537. The van der Waals surface area contributed by atoms with Crippen molar-refractivity contribution in [2.75, 3.05) is 20.3 Å². The van der Waals surface area contributed by atoms with Crippen molar-refractivity contribution in [3.05, 3.63) is 12.2 Å². The molecule has 1 saturated heterocycles. The fraction of sp³-hybridized carbons (Fsp3) is 0.833. The molecule has 1 aliphatic rings. The highest BCUT2D eigenvalue weighted by atomic mass is 16.5. The van der Waals surface area contributed by atoms with Gasteiger partial charge in [0.2, 0.25) is 0 Å². The van der Waals surface area contributed by atoms with Crippen LogP contribution in [0.25, 0.3) is 0 Å². The van der Waals surface area contributed by atoms with E-state index < -0.39 is 0 Å². The molecule has 2 heteroatoms. The van der Waals surface area contributed by atoms with Gasteiger partial charge in [0.05, 0.1) is 0 Å². The zero-order valence-electron chi connectivity index (χ0n) is 9.51. The molecule has 0 saturated carbocycles. The summed E-state index contributed by atoms with van der Waals surface area (Å²) >= 11 is 0. The minimum atomic E-state index is 0.649. The number of hydrogen-bond donors (Lipinski definition) is 1. The summed E-state index contributed by atoms with van der Waals surface area (Å²) in [6.07, 6.45) is 4.78. The van der Waals surface area contributed by atoms with Crippen LogP contribution in [0, 0.1) is 5.92 Å². The zero-order valence-corrected chi connectivity index (χ0v) is 9.51. The molecule has 1 unspecified atom stereocenters. The first kappa shape index (κ1) is 11.7. The van der Waals surface area contributed by atoms with Crippen molar-refractivity contribution >= 4 is 0 Å². The van der Waals surface area contributed by atoms with Gasteiger partial charge >= 0.3 is 0 Å². The molecule has 0 aliphatic carbocycles. The van der Waals surface area contributed by atoms with Crippen LogP contribution in [0.4, 0.5) is 0 Å². The molecule has 1 aliphatic heterocycles. The Labute approximate surface area is 87.7 Å². The molecule has 1 N–H and O–H groups in total. The highest BCUT2D eigenvalue weighted by Crippen LogP contribution is 2.22. The molecule has 1 heterocycles. The van der Waals surface area contributed by atoms with Crippen molar-refractivity contribution in [3.63, 3.8) is 0 Å². The quantitative estimate of drug-likeness (QED) is 0.683. The van der Waals surface area contributed by atoms with Crippen LogP contribution in [0.3, 0.4) is 0 Å². The fourth-order valence-electron chi connectivity index (χ4n) is 2.14. The summed E-state index contributed by atoms with van der Waals surface area (Å²) in [5.41, 5.74) is 1.29. The Bertz CT molecular complexity index is 173. The molecule has 0 amide bonds. The van der Waals surface area contributed by atoms with E-state index in [0.717, 1.165) is 25.6 Å². The monoisotopic (exact) mass is 197 g/mol. The van der Waals surface area contributed by atoms with Crippen LogP contribution in [-0.2, 0) is 4.74 Å². The zero-order chi connectivity index (χ0) is 10.4. The van der Waals surface area contributed by atoms with Crippen LogP contribution in [0.2, 0.25) is 0 Å². The molecule has 1 atom stereocenters. The van der Waals surface area contributed by atoms with E-state index in [1.807, 2.05) is 0 Å². The van der Waals surface area contributed by atoms with E-state index in [1.165, 1.54) is 24.8 Å². The van der Waals surface area contributed by atoms with E-state index >= 15 is 0 Å². The molecule has 0 bridgehead atoms. The predicted molar refractivity (Wildman–Crippen MR) is 60.4 cm³/mol. The van der Waals surface area contributed by atoms with Gasteiger partial charge in [-0.15, -0.1) is 6.58 Å². The topological polar surface area (TPSA) is 21.3 Å². The maximum atomic E-state index is 5.37. The second-order valence-corrected chi connectivity index (χ2v) is 4.34. The minimum Gasteiger partial charge on any atom is -0.381 e. The summed E-state index contributed by atoms with van der Waals surface area (Å²) in [5, 5.41) is 3.43. The smallest absolute Gasteiger partial charge is 0.0469 e. The number of ether oxygens (including phenoxy) is 1. The Morgan fingerprint density at radius 3 is 2.64 bits per heavy atom. The lowest BCUT2D eigenvalue weighted by Gasteiger charge is -2.30. The third kappa shape index (κ3) is 3.81. The summed E-state index contributed by atoms with van der Waals surface area (Å²) in [6, 6.07) is 0.649. The lowest BCUT2D eigenvalue weighted by atomic mass is 9.88. The van der Waals surface area contributed by atoms with Gasteiger partial charge < -0.3 is 10.1 Å². The Balaban J connectivity index is 2.31. The van der Waals surface area contributed by atoms with Crippen LogP contribution >= 0.6 is 0 Å². The predicted octanol–water partition coefficient (Wildman–Crippen LogP) is 2.36. The highest BCUT2D eigenvalue weighted by Gasteiger charge is 2.22. The summed E-state index contributed by atoms with van der Waals surface area (Å²) in [4.78, 5) is 0. The van der Waals surface area contributed by atoms with Crippen LogP contribution in [0.5, 0.6) is 0 Å². The number of allylic oxidation sites excluding steroid dienone is 1. The average molecular weight is 197 g/mol. The molecule has 0 aromatic heterocycles. The Morgan fingerprint density at radius 2 is 2.14 bits per heavy atom. The van der Waals surface area contributed by atoms with Gasteiger partial charge in [-0.1, -0.05) is 5.57 Å². The standard InChI is InChI=1S/C12H23NO/c1-10(2)4-5-12(13-3)11-6-8-14-9-7-11/h11-13H,1,4-9H2,2-3H3. The van der Waals surface area contributed by atoms with Gasteiger partial charge in [0, 0.05) is 19.3 Å². The second-order valence-electron chi connectivity index (χ2n) is 4.34. The highest BCUT2D eigenvalue weighted by molar-refractivity contribution is 4.90. The van der Waals surface area contributed by atoms with Crippen molar-refractivity contribution in [2.45, 2.75) is 38.6 Å². The molecule has 82 valence electrons. The van der Waals surface area contributed by atoms with E-state index in [-0.39, 0.29) is 0 Å². The number of rotatable bonds is 5. The van der Waals surface area contributed by atoms with Gasteiger partial charge in [0.15, 0.2) is 0 Å². The molecule has 0 aromatic rings. The average Bonchev–Trinajstić information content (AvgIpc) is 2.20. The minimum absolute atomic E-state index is 0.649. The van der Waals surface area contributed by atoms with Crippen LogP contribution in [0.15, 0.2) is 12.2 Å². The van der Waals surface area contributed by atoms with Gasteiger partial charge in [-0.3, -0.25) is 0 Å². The third-order valence-corrected chi connectivity index (χ3v) is 3.09. The van der Waals surface area contributed by atoms with Gasteiger partial charge in [-0.05, 0) is 45.6 Å². The fourth-order valence-corrected chi connectivity index (χ4v) is 2.14. The molecule has 14 heavy (non-hydrogen) atoms. The van der Waals surface area contributed by atoms with Crippen molar-refractivity contribution in [2.24, 2.45) is 5.92 Å². The van der Waals surface area contributed by atoms with Gasteiger partial charge in [-0.2, -0.15) is 0 Å². The van der Waals surface area contributed by atoms with Crippen LogP contribution < -0.4 is 5.32 Å². The second kappa shape index (κ2) is 6.20. The first-order valence-electron chi connectivity index (χ1n) is 5.63. The van der Waals surface area contributed by atoms with E-state index in [4.69, 9.17) is 4.74 Å². The van der Waals surface area contributed by atoms with Crippen molar-refractivity contribution < 1.29 is 4.74 Å². The Hall–Kier alpha value is -0.340. The molecule has 0 radical (unpaired) electrons. The Kier molecular flexibility index (Phi) is 5.20. The van der Waals surface area contributed by atoms with E-state index in [2.05, 4.69) is 25.9 Å². The SMILES string of the molecule is C=C(C)CCC(NC)C1CCOCC1. The largest absolute Gasteiger partial charge is 0.381 e. The molecule has 2 nitrogen and oxygen atoms in total.